The summed E-state index contributed by atoms with van der Waals surface area (Å²) >= 11 is 3.55. The van der Waals surface area contributed by atoms with E-state index in [1.807, 2.05) is 0 Å². The second kappa shape index (κ2) is 10.9. The molecule has 13 heteroatoms. The van der Waals surface area contributed by atoms with E-state index in [4.69, 9.17) is 9.47 Å². The Morgan fingerprint density at radius 2 is 1.14 bits per heavy atom. The second-order valence-corrected chi connectivity index (χ2v) is 11.3. The second-order valence-electron chi connectivity index (χ2n) is 7.60. The van der Waals surface area contributed by atoms with Gasteiger partial charge in [0.2, 0.25) is 29.1 Å². The molecule has 4 aromatic carbocycles. The van der Waals surface area contributed by atoms with E-state index in [1.165, 1.54) is 12.1 Å². The minimum absolute atomic E-state index is 0.0523. The molecule has 37 heavy (non-hydrogen) atoms. The molecule has 0 spiro atoms. The summed E-state index contributed by atoms with van der Waals surface area (Å²) in [5, 5.41) is 1.28. The number of benzene rings is 4. The lowest BCUT2D eigenvalue weighted by Crippen LogP contribution is -2.07. The van der Waals surface area contributed by atoms with Crippen LogP contribution in [0.4, 0.5) is 22.0 Å². The van der Waals surface area contributed by atoms with Crippen LogP contribution < -0.4 is 9.47 Å². The first-order valence-corrected chi connectivity index (χ1v) is 13.7. The van der Waals surface area contributed by atoms with Crippen LogP contribution in [-0.4, -0.2) is 13.0 Å². The number of hydrogen-bond donors (Lipinski definition) is 1. The van der Waals surface area contributed by atoms with Gasteiger partial charge in [0, 0.05) is 7.14 Å². The van der Waals surface area contributed by atoms with E-state index < -0.39 is 51.6 Å². The van der Waals surface area contributed by atoms with Crippen molar-refractivity contribution >= 4 is 66.1 Å². The lowest BCUT2D eigenvalue weighted by Gasteiger charge is -2.15. The van der Waals surface area contributed by atoms with Crippen LogP contribution in [0.1, 0.15) is 11.1 Å². The Hall–Kier alpha value is -2.24. The fourth-order valence-corrected chi connectivity index (χ4v) is 7.56. The quantitative estimate of drug-likeness (QED) is 0.0713. The maximum absolute atomic E-state index is 14.0. The summed E-state index contributed by atoms with van der Waals surface area (Å²) in [6.45, 7) is -0.426. The molecule has 0 aliphatic rings. The molecular weight excluding hydrogens is 749 g/mol. The minimum Gasteiger partial charge on any atom is -0.489 e. The Morgan fingerprint density at radius 3 is 1.59 bits per heavy atom. The van der Waals surface area contributed by atoms with Crippen LogP contribution >= 0.6 is 45.2 Å². The number of fused-ring (bicyclic) bond motifs is 1. The van der Waals surface area contributed by atoms with Crippen LogP contribution in [0.15, 0.2) is 53.4 Å². The molecule has 0 unspecified atom stereocenters. The van der Waals surface area contributed by atoms with Crippen LogP contribution in [-0.2, 0) is 23.3 Å². The molecule has 0 bridgehead atoms. The molecule has 0 saturated carbocycles. The summed E-state index contributed by atoms with van der Waals surface area (Å²) in [6.07, 6.45) is 0. The van der Waals surface area contributed by atoms with E-state index >= 15 is 0 Å². The van der Waals surface area contributed by atoms with Crippen LogP contribution in [0.3, 0.4) is 0 Å². The Kier molecular flexibility index (Phi) is 8.16. The first-order chi connectivity index (χ1) is 17.4. The molecule has 0 aliphatic heterocycles. The van der Waals surface area contributed by atoms with Crippen molar-refractivity contribution in [2.75, 3.05) is 0 Å². The maximum Gasteiger partial charge on any atom is 0.296 e. The molecule has 1 N–H and O–H groups in total. The first-order valence-electron chi connectivity index (χ1n) is 10.1. The highest BCUT2D eigenvalue weighted by Gasteiger charge is 2.27. The van der Waals surface area contributed by atoms with Crippen molar-refractivity contribution in [2.24, 2.45) is 0 Å². The van der Waals surface area contributed by atoms with Crippen LogP contribution in [0.25, 0.3) is 10.8 Å². The van der Waals surface area contributed by atoms with E-state index in [-0.39, 0.29) is 18.6 Å². The summed E-state index contributed by atoms with van der Waals surface area (Å²) < 4.78 is 112. The zero-order chi connectivity index (χ0) is 27.1. The summed E-state index contributed by atoms with van der Waals surface area (Å²) in [6, 6.07) is 13.0. The molecule has 0 heterocycles. The third kappa shape index (κ3) is 5.63. The number of halogens is 7. The molecular formula is C24H13F5I2O5S. The van der Waals surface area contributed by atoms with Gasteiger partial charge in [-0.2, -0.15) is 17.2 Å². The molecule has 0 aliphatic carbocycles. The highest BCUT2D eigenvalue weighted by Crippen LogP contribution is 2.32. The van der Waals surface area contributed by atoms with Crippen molar-refractivity contribution in [1.29, 1.82) is 0 Å². The van der Waals surface area contributed by atoms with Gasteiger partial charge in [0.05, 0.1) is 0 Å². The van der Waals surface area contributed by atoms with Crippen LogP contribution in [0.5, 0.6) is 11.5 Å². The normalized spacial score (nSPS) is 11.7. The summed E-state index contributed by atoms with van der Waals surface area (Å²) in [7, 11) is -4.41. The van der Waals surface area contributed by atoms with Crippen LogP contribution in [0, 0.1) is 36.2 Å². The summed E-state index contributed by atoms with van der Waals surface area (Å²) in [5.41, 5.74) is 1.12. The fraction of sp³-hybridized carbons (Fsp3) is 0.0833. The molecule has 4 aromatic rings. The Bertz CT molecular complexity index is 1590. The van der Waals surface area contributed by atoms with Gasteiger partial charge in [-0.25, -0.2) is 13.2 Å². The zero-order valence-corrected chi connectivity index (χ0v) is 23.3. The molecule has 194 valence electrons. The summed E-state index contributed by atoms with van der Waals surface area (Å²) in [4.78, 5) is -0.218. The van der Waals surface area contributed by atoms with Gasteiger partial charge in [-0.3, -0.25) is 4.55 Å². The Morgan fingerprint density at radius 1 is 0.703 bits per heavy atom. The van der Waals surface area contributed by atoms with Gasteiger partial charge in [-0.05, 0) is 79.2 Å². The average molecular weight is 762 g/mol. The molecule has 0 amide bonds. The van der Waals surface area contributed by atoms with Crippen molar-refractivity contribution in [2.45, 2.75) is 18.1 Å². The van der Waals surface area contributed by atoms with E-state index in [0.29, 0.717) is 27.6 Å². The lowest BCUT2D eigenvalue weighted by molar-refractivity contribution is 0.254. The van der Waals surface area contributed by atoms with E-state index in [2.05, 4.69) is 0 Å². The molecule has 0 aromatic heterocycles. The third-order valence-corrected chi connectivity index (χ3v) is 8.66. The van der Waals surface area contributed by atoms with Crippen molar-refractivity contribution < 1.29 is 44.4 Å². The summed E-state index contributed by atoms with van der Waals surface area (Å²) in [5.74, 6) is -11.6. The molecule has 0 atom stereocenters. The first kappa shape index (κ1) is 27.8. The van der Waals surface area contributed by atoms with Crippen molar-refractivity contribution in [1.82, 2.24) is 0 Å². The van der Waals surface area contributed by atoms with Crippen molar-refractivity contribution in [3.63, 3.8) is 0 Å². The smallest absolute Gasteiger partial charge is 0.296 e. The fourth-order valence-electron chi connectivity index (χ4n) is 3.56. The van der Waals surface area contributed by atoms with Gasteiger partial charge >= 0.3 is 0 Å². The predicted octanol–water partition coefficient (Wildman–Crippen LogP) is 7.15. The number of ether oxygens (including phenoxy) is 2. The lowest BCUT2D eigenvalue weighted by atomic mass is 10.0. The van der Waals surface area contributed by atoms with Gasteiger partial charge in [0.15, 0.2) is 5.75 Å². The number of hydrogen-bond acceptors (Lipinski definition) is 4. The van der Waals surface area contributed by atoms with Gasteiger partial charge in [-0.15, -0.1) is 0 Å². The van der Waals surface area contributed by atoms with Gasteiger partial charge < -0.3 is 9.47 Å². The SMILES string of the molecule is O=S(=O)(O)c1c(I)cc(OCc2ccc(COc3c(F)c(F)c(F)c(F)c3F)c3ccccc23)cc1I. The average Bonchev–Trinajstić information content (AvgIpc) is 2.84. The van der Waals surface area contributed by atoms with Gasteiger partial charge in [0.1, 0.15) is 23.9 Å². The van der Waals surface area contributed by atoms with Gasteiger partial charge in [-0.1, -0.05) is 36.4 Å². The highest BCUT2D eigenvalue weighted by atomic mass is 127. The molecule has 0 saturated heterocycles. The Labute approximate surface area is 234 Å². The minimum atomic E-state index is -4.41. The Balaban J connectivity index is 1.60. The largest absolute Gasteiger partial charge is 0.489 e. The molecule has 0 radical (unpaired) electrons. The van der Waals surface area contributed by atoms with E-state index in [1.54, 1.807) is 81.6 Å². The van der Waals surface area contributed by atoms with Crippen molar-refractivity contribution in [3.05, 3.63) is 95.9 Å². The monoisotopic (exact) mass is 762 g/mol. The zero-order valence-electron chi connectivity index (χ0n) is 18.2. The standard InChI is InChI=1S/C24H13F5I2O5S/c25-18-19(26)21(28)23(22(29)20(18)27)36-10-12-6-5-11(14-3-1-2-4-15(12)14)9-35-13-7-16(30)24(17(31)8-13)37(32,33)34/h1-8H,9-10H2,(H,32,33,34). The van der Waals surface area contributed by atoms with E-state index in [9.17, 15) is 34.9 Å². The van der Waals surface area contributed by atoms with E-state index in [0.717, 1.165) is 0 Å². The molecule has 5 nitrogen and oxygen atoms in total. The highest BCUT2D eigenvalue weighted by molar-refractivity contribution is 14.1. The molecule has 4 rings (SSSR count). The third-order valence-electron chi connectivity index (χ3n) is 5.27. The predicted molar refractivity (Wildman–Crippen MR) is 141 cm³/mol. The van der Waals surface area contributed by atoms with Crippen LogP contribution in [0.2, 0.25) is 0 Å². The molecule has 0 fully saturated rings. The topological polar surface area (TPSA) is 72.8 Å². The maximum atomic E-state index is 14.0. The number of rotatable bonds is 7. The van der Waals surface area contributed by atoms with Gasteiger partial charge in [0.25, 0.3) is 10.1 Å². The van der Waals surface area contributed by atoms with Crippen molar-refractivity contribution in [3.8, 4) is 11.5 Å².